The van der Waals surface area contributed by atoms with Crippen molar-refractivity contribution in [1.82, 2.24) is 9.97 Å². The second-order valence-electron chi connectivity index (χ2n) is 5.32. The van der Waals surface area contributed by atoms with Gasteiger partial charge in [0.2, 0.25) is 5.78 Å². The van der Waals surface area contributed by atoms with Crippen LogP contribution in [0.1, 0.15) is 31.2 Å². The average Bonchev–Trinajstić information content (AvgIpc) is 2.63. The van der Waals surface area contributed by atoms with E-state index in [4.69, 9.17) is 0 Å². The van der Waals surface area contributed by atoms with Gasteiger partial charge in [-0.2, -0.15) is 0 Å². The molecule has 0 unspecified atom stereocenters. The first kappa shape index (κ1) is 14.2. The number of fused-ring (bicyclic) bond motifs is 4. The van der Waals surface area contributed by atoms with E-state index in [2.05, 4.69) is 14.7 Å². The van der Waals surface area contributed by atoms with Gasteiger partial charge in [-0.15, -0.1) is 0 Å². The summed E-state index contributed by atoms with van der Waals surface area (Å²) < 4.78 is 4.67. The molecule has 4 rings (SSSR count). The predicted molar refractivity (Wildman–Crippen MR) is 85.0 cm³/mol. The molecule has 6 nitrogen and oxygen atoms in total. The van der Waals surface area contributed by atoms with Gasteiger partial charge >= 0.3 is 5.97 Å². The van der Waals surface area contributed by atoms with E-state index in [-0.39, 0.29) is 5.69 Å². The van der Waals surface area contributed by atoms with Crippen LogP contribution in [0.15, 0.2) is 42.5 Å². The third-order valence-corrected chi connectivity index (χ3v) is 3.93. The lowest BCUT2D eigenvalue weighted by Crippen LogP contribution is -2.23. The molecule has 6 heteroatoms. The van der Waals surface area contributed by atoms with Crippen molar-refractivity contribution in [2.45, 2.75) is 0 Å². The van der Waals surface area contributed by atoms with Crippen LogP contribution >= 0.6 is 0 Å². The lowest BCUT2D eigenvalue weighted by atomic mass is 9.90. The second kappa shape index (κ2) is 5.06. The minimum Gasteiger partial charge on any atom is -0.465 e. The minimum absolute atomic E-state index is 0.00761. The Morgan fingerprint density at radius 2 is 1.58 bits per heavy atom. The highest BCUT2D eigenvalue weighted by Crippen LogP contribution is 2.32. The number of hydrogen-bond donors (Lipinski definition) is 0. The van der Waals surface area contributed by atoms with Crippen LogP contribution in [-0.2, 0) is 4.74 Å². The Morgan fingerprint density at radius 3 is 2.33 bits per heavy atom. The molecule has 0 amide bonds. The van der Waals surface area contributed by atoms with Crippen LogP contribution in [0.25, 0.3) is 22.3 Å². The molecular weight excluding hydrogens is 308 g/mol. The van der Waals surface area contributed by atoms with Gasteiger partial charge in [0.05, 0.1) is 23.7 Å². The Balaban J connectivity index is 2.01. The molecule has 1 aliphatic carbocycles. The first-order valence-corrected chi connectivity index (χ1v) is 7.18. The van der Waals surface area contributed by atoms with Gasteiger partial charge in [-0.3, -0.25) is 9.59 Å². The lowest BCUT2D eigenvalue weighted by molar-refractivity contribution is 0.0600. The standard InChI is InChI=1S/C18H10N2O4/c1-24-18(23)9-6-7-12-13(8-9)20-15-14(19-12)10-4-2-3-5-11(10)16(21)17(15)22/h2-8H,1H3. The molecule has 0 radical (unpaired) electrons. The molecule has 0 atom stereocenters. The third kappa shape index (κ3) is 1.93. The Hall–Kier alpha value is -3.41. The quantitative estimate of drug-likeness (QED) is 0.506. The summed E-state index contributed by atoms with van der Waals surface area (Å²) >= 11 is 0. The first-order chi connectivity index (χ1) is 11.6. The number of nitrogens with zero attached hydrogens (tertiary/aromatic N) is 2. The molecule has 0 N–H and O–H groups in total. The molecule has 24 heavy (non-hydrogen) atoms. The molecule has 3 aromatic rings. The van der Waals surface area contributed by atoms with E-state index >= 15 is 0 Å². The van der Waals surface area contributed by atoms with Crippen LogP contribution in [-0.4, -0.2) is 34.6 Å². The zero-order valence-corrected chi connectivity index (χ0v) is 12.6. The molecule has 116 valence electrons. The van der Waals surface area contributed by atoms with E-state index in [1.165, 1.54) is 13.2 Å². The second-order valence-corrected chi connectivity index (χ2v) is 5.32. The largest absolute Gasteiger partial charge is 0.465 e. The van der Waals surface area contributed by atoms with Crippen LogP contribution in [0.5, 0.6) is 0 Å². The summed E-state index contributed by atoms with van der Waals surface area (Å²) in [5.74, 6) is -1.80. The van der Waals surface area contributed by atoms with E-state index in [0.29, 0.717) is 33.4 Å². The number of carbonyl (C=O) groups excluding carboxylic acids is 3. The van der Waals surface area contributed by atoms with Gasteiger partial charge in [0.15, 0.2) is 0 Å². The van der Waals surface area contributed by atoms with Gasteiger partial charge < -0.3 is 4.74 Å². The number of ether oxygens (including phenoxy) is 1. The van der Waals surface area contributed by atoms with Crippen molar-refractivity contribution in [3.05, 3.63) is 59.3 Å². The highest BCUT2D eigenvalue weighted by molar-refractivity contribution is 6.52. The zero-order chi connectivity index (χ0) is 16.8. The molecule has 1 heterocycles. The van der Waals surface area contributed by atoms with E-state index in [1.54, 1.807) is 36.4 Å². The molecule has 0 saturated carbocycles. The molecule has 2 aromatic carbocycles. The molecule has 1 aromatic heterocycles. The van der Waals surface area contributed by atoms with Gasteiger partial charge in [-0.1, -0.05) is 24.3 Å². The number of hydrogen-bond acceptors (Lipinski definition) is 6. The maximum atomic E-state index is 12.4. The third-order valence-electron chi connectivity index (χ3n) is 3.93. The van der Waals surface area contributed by atoms with Crippen LogP contribution in [0, 0.1) is 0 Å². The number of benzene rings is 2. The van der Waals surface area contributed by atoms with Crippen LogP contribution in [0.4, 0.5) is 0 Å². The Labute approximate surface area is 136 Å². The fourth-order valence-electron chi connectivity index (χ4n) is 2.76. The smallest absolute Gasteiger partial charge is 0.337 e. The van der Waals surface area contributed by atoms with Crippen molar-refractivity contribution < 1.29 is 19.1 Å². The summed E-state index contributed by atoms with van der Waals surface area (Å²) in [4.78, 5) is 45.0. The van der Waals surface area contributed by atoms with Crippen LogP contribution in [0.3, 0.4) is 0 Å². The molecule has 0 spiro atoms. The number of ketones is 2. The number of aromatic nitrogens is 2. The maximum absolute atomic E-state index is 12.4. The fraction of sp³-hybridized carbons (Fsp3) is 0.0556. The van der Waals surface area contributed by atoms with Gasteiger partial charge in [0.1, 0.15) is 11.4 Å². The topological polar surface area (TPSA) is 86.2 Å². The number of carbonyl (C=O) groups is 3. The van der Waals surface area contributed by atoms with E-state index < -0.39 is 17.5 Å². The first-order valence-electron chi connectivity index (χ1n) is 7.18. The number of esters is 1. The SMILES string of the molecule is COC(=O)c1ccc2nc3c(nc2c1)C(=O)C(=O)c1ccccc1-3. The lowest BCUT2D eigenvalue weighted by Gasteiger charge is -2.16. The van der Waals surface area contributed by atoms with Crippen molar-refractivity contribution in [3.63, 3.8) is 0 Å². The van der Waals surface area contributed by atoms with Crippen molar-refractivity contribution in [3.8, 4) is 11.3 Å². The summed E-state index contributed by atoms with van der Waals surface area (Å²) in [6.07, 6.45) is 0. The van der Waals surface area contributed by atoms with Crippen molar-refractivity contribution in [2.24, 2.45) is 0 Å². The Kier molecular flexibility index (Phi) is 2.99. The Morgan fingerprint density at radius 1 is 0.875 bits per heavy atom. The van der Waals surface area contributed by atoms with Gasteiger partial charge in [0, 0.05) is 11.1 Å². The molecule has 0 fully saturated rings. The van der Waals surface area contributed by atoms with E-state index in [1.807, 2.05) is 0 Å². The van der Waals surface area contributed by atoms with Crippen molar-refractivity contribution in [1.29, 1.82) is 0 Å². The molecule has 0 bridgehead atoms. The van der Waals surface area contributed by atoms with Gasteiger partial charge in [-0.05, 0) is 18.2 Å². The average molecular weight is 318 g/mol. The van der Waals surface area contributed by atoms with Gasteiger partial charge in [-0.25, -0.2) is 14.8 Å². The number of rotatable bonds is 1. The molecule has 0 saturated heterocycles. The van der Waals surface area contributed by atoms with Crippen molar-refractivity contribution in [2.75, 3.05) is 7.11 Å². The minimum atomic E-state index is -0.693. The summed E-state index contributed by atoms with van der Waals surface area (Å²) in [5, 5.41) is 0. The number of methoxy groups -OCH3 is 1. The highest BCUT2D eigenvalue weighted by Gasteiger charge is 2.32. The van der Waals surface area contributed by atoms with E-state index in [9.17, 15) is 14.4 Å². The zero-order valence-electron chi connectivity index (χ0n) is 12.6. The summed E-state index contributed by atoms with van der Waals surface area (Å²) in [6.45, 7) is 0. The number of Topliss-reactive ketones (excluding diaryl/α,β-unsaturated/α-hetero) is 2. The molecular formula is C18H10N2O4. The normalized spacial score (nSPS) is 12.7. The predicted octanol–water partition coefficient (Wildman–Crippen LogP) is 2.46. The van der Waals surface area contributed by atoms with Crippen LogP contribution < -0.4 is 0 Å². The monoisotopic (exact) mass is 318 g/mol. The molecule has 0 aliphatic heterocycles. The highest BCUT2D eigenvalue weighted by atomic mass is 16.5. The van der Waals surface area contributed by atoms with E-state index in [0.717, 1.165) is 0 Å². The summed E-state index contributed by atoms with van der Waals surface area (Å²) in [6, 6.07) is 11.5. The van der Waals surface area contributed by atoms with Crippen molar-refractivity contribution >= 4 is 28.6 Å². The molecule has 1 aliphatic rings. The summed E-state index contributed by atoms with van der Waals surface area (Å²) in [5.41, 5.74) is 2.49. The van der Waals surface area contributed by atoms with Crippen LogP contribution in [0.2, 0.25) is 0 Å². The fourth-order valence-corrected chi connectivity index (χ4v) is 2.76. The van der Waals surface area contributed by atoms with Gasteiger partial charge in [0.25, 0.3) is 5.78 Å². The summed E-state index contributed by atoms with van der Waals surface area (Å²) in [7, 11) is 1.28. The maximum Gasteiger partial charge on any atom is 0.337 e. The Bertz CT molecular complexity index is 1060.